The van der Waals surface area contributed by atoms with E-state index in [-0.39, 0.29) is 19.0 Å². The van der Waals surface area contributed by atoms with Crippen LogP contribution >= 0.6 is 0 Å². The number of hydrazone groups is 1. The number of alkyl halides is 3. The van der Waals surface area contributed by atoms with Crippen molar-refractivity contribution >= 4 is 17.2 Å². The van der Waals surface area contributed by atoms with E-state index in [2.05, 4.69) is 10.4 Å². The molecule has 0 aliphatic carbocycles. The van der Waals surface area contributed by atoms with Crippen molar-refractivity contribution in [2.24, 2.45) is 16.7 Å². The minimum atomic E-state index is -4.39. The van der Waals surface area contributed by atoms with Crippen LogP contribution in [-0.4, -0.2) is 29.2 Å². The van der Waals surface area contributed by atoms with Gasteiger partial charge < -0.3 is 16.2 Å². The number of hydrogen-bond acceptors (Lipinski definition) is 5. The molecule has 6 nitrogen and oxygen atoms in total. The highest BCUT2D eigenvalue weighted by Gasteiger charge is 2.29. The number of aliphatic hydroxyl groups is 1. The summed E-state index contributed by atoms with van der Waals surface area (Å²) >= 11 is 0. The van der Waals surface area contributed by atoms with E-state index >= 15 is 0 Å². The molecule has 2 aromatic rings. The molecule has 0 heterocycles. The van der Waals surface area contributed by atoms with Gasteiger partial charge in [0.25, 0.3) is 0 Å². The van der Waals surface area contributed by atoms with Gasteiger partial charge in [0.05, 0.1) is 18.7 Å². The van der Waals surface area contributed by atoms with E-state index in [0.29, 0.717) is 16.9 Å². The molecular formula is C18H22F3N5O. The largest absolute Gasteiger partial charge is 0.416 e. The van der Waals surface area contributed by atoms with Gasteiger partial charge >= 0.3 is 6.18 Å². The van der Waals surface area contributed by atoms with Crippen molar-refractivity contribution in [2.75, 3.05) is 18.5 Å². The Morgan fingerprint density at radius 3 is 2.41 bits per heavy atom. The number of nitrogens with one attached hydrogen (secondary N) is 1. The summed E-state index contributed by atoms with van der Waals surface area (Å²) in [6.07, 6.45) is -3.62. The number of hydrogen-bond donors (Lipinski definition) is 4. The molecule has 0 spiro atoms. The van der Waals surface area contributed by atoms with Gasteiger partial charge in [0.2, 0.25) is 0 Å². The lowest BCUT2D eigenvalue weighted by molar-refractivity contribution is -0.137. The van der Waals surface area contributed by atoms with Crippen molar-refractivity contribution < 1.29 is 18.3 Å². The summed E-state index contributed by atoms with van der Waals surface area (Å²) in [5, 5.41) is 17.0. The number of rotatable bonds is 7. The highest BCUT2D eigenvalue weighted by atomic mass is 19.4. The van der Waals surface area contributed by atoms with Gasteiger partial charge in [-0.15, -0.1) is 5.10 Å². The fourth-order valence-corrected chi connectivity index (χ4v) is 2.37. The van der Waals surface area contributed by atoms with E-state index in [1.807, 2.05) is 19.1 Å². The third kappa shape index (κ3) is 5.60. The molecule has 0 fully saturated rings. The van der Waals surface area contributed by atoms with Crippen molar-refractivity contribution in [3.63, 3.8) is 0 Å². The maximum absolute atomic E-state index is 12.7. The molecule has 9 heteroatoms. The third-order valence-electron chi connectivity index (χ3n) is 3.82. The quantitative estimate of drug-likeness (QED) is 0.256. The summed E-state index contributed by atoms with van der Waals surface area (Å²) in [7, 11) is 0. The molecule has 0 amide bonds. The van der Waals surface area contributed by atoms with Crippen LogP contribution in [-0.2, 0) is 12.6 Å². The molecule has 0 atom stereocenters. The molecule has 0 aliphatic rings. The van der Waals surface area contributed by atoms with E-state index in [1.54, 1.807) is 6.07 Å². The SMILES string of the molecule is CCc1ccc(Nc2ccc(C(F)(F)F)cc2)c(/C(N)=N/N(N)CCO)c1. The van der Waals surface area contributed by atoms with Crippen LogP contribution in [0.2, 0.25) is 0 Å². The highest BCUT2D eigenvalue weighted by molar-refractivity contribution is 6.03. The van der Waals surface area contributed by atoms with E-state index < -0.39 is 11.7 Å². The van der Waals surface area contributed by atoms with Crippen LogP contribution in [0, 0.1) is 0 Å². The van der Waals surface area contributed by atoms with Gasteiger partial charge in [0.15, 0.2) is 5.84 Å². The number of halogens is 3. The van der Waals surface area contributed by atoms with Crippen molar-refractivity contribution in [1.29, 1.82) is 0 Å². The molecule has 2 aromatic carbocycles. The van der Waals surface area contributed by atoms with Gasteiger partial charge in [-0.2, -0.15) is 13.2 Å². The van der Waals surface area contributed by atoms with Crippen molar-refractivity contribution in [3.8, 4) is 0 Å². The average Bonchev–Trinajstić information content (AvgIpc) is 2.61. The Hall–Kier alpha value is -2.78. The normalized spacial score (nSPS) is 12.1. The zero-order valence-electron chi connectivity index (χ0n) is 14.8. The summed E-state index contributed by atoms with van der Waals surface area (Å²) in [5.74, 6) is 5.75. The summed E-state index contributed by atoms with van der Waals surface area (Å²) in [6, 6.07) is 10.2. The van der Waals surface area contributed by atoms with Crippen LogP contribution in [0.25, 0.3) is 0 Å². The third-order valence-corrected chi connectivity index (χ3v) is 3.82. The number of amidine groups is 1. The molecule has 0 radical (unpaired) electrons. The van der Waals surface area contributed by atoms with Crippen molar-refractivity contribution in [1.82, 2.24) is 5.12 Å². The first-order valence-corrected chi connectivity index (χ1v) is 8.29. The zero-order chi connectivity index (χ0) is 20.0. The first-order chi connectivity index (χ1) is 12.7. The first-order valence-electron chi connectivity index (χ1n) is 8.29. The van der Waals surface area contributed by atoms with E-state index in [0.717, 1.165) is 29.2 Å². The number of nitrogens with zero attached hydrogens (tertiary/aromatic N) is 2. The molecule has 0 bridgehead atoms. The summed E-state index contributed by atoms with van der Waals surface area (Å²) in [6.45, 7) is 1.91. The minimum Gasteiger partial charge on any atom is -0.394 e. The Morgan fingerprint density at radius 2 is 1.85 bits per heavy atom. The van der Waals surface area contributed by atoms with Crippen LogP contribution in [0.5, 0.6) is 0 Å². The molecule has 146 valence electrons. The molecule has 0 saturated carbocycles. The van der Waals surface area contributed by atoms with E-state index in [4.69, 9.17) is 16.7 Å². The first kappa shape index (κ1) is 20.5. The van der Waals surface area contributed by atoms with Gasteiger partial charge in [-0.05, 0) is 48.4 Å². The zero-order valence-corrected chi connectivity index (χ0v) is 14.8. The molecule has 0 saturated heterocycles. The lowest BCUT2D eigenvalue weighted by atomic mass is 10.1. The van der Waals surface area contributed by atoms with Crippen LogP contribution in [0.3, 0.4) is 0 Å². The molecule has 6 N–H and O–H groups in total. The van der Waals surface area contributed by atoms with Crippen LogP contribution in [0.1, 0.15) is 23.6 Å². The van der Waals surface area contributed by atoms with E-state index in [1.165, 1.54) is 12.1 Å². The molecule has 0 aliphatic heterocycles. The lowest BCUT2D eigenvalue weighted by Crippen LogP contribution is -2.32. The number of nitrogens with two attached hydrogens (primary N) is 2. The van der Waals surface area contributed by atoms with Gasteiger partial charge in [-0.3, -0.25) is 0 Å². The number of benzene rings is 2. The van der Waals surface area contributed by atoms with Crippen molar-refractivity contribution in [2.45, 2.75) is 19.5 Å². The summed E-state index contributed by atoms with van der Waals surface area (Å²) in [5.41, 5.74) is 7.93. The summed E-state index contributed by atoms with van der Waals surface area (Å²) < 4.78 is 38.1. The van der Waals surface area contributed by atoms with Crippen LogP contribution < -0.4 is 16.9 Å². The van der Waals surface area contributed by atoms with Crippen molar-refractivity contribution in [3.05, 3.63) is 59.2 Å². The molecular weight excluding hydrogens is 359 g/mol. The van der Waals surface area contributed by atoms with Gasteiger partial charge in [0, 0.05) is 16.9 Å². The second kappa shape index (κ2) is 8.74. The fraction of sp³-hybridized carbons (Fsp3) is 0.278. The molecule has 2 rings (SSSR count). The maximum Gasteiger partial charge on any atom is 0.416 e. The molecule has 27 heavy (non-hydrogen) atoms. The topological polar surface area (TPSA) is 99.9 Å². The predicted molar refractivity (Wildman–Crippen MR) is 99.3 cm³/mol. The highest BCUT2D eigenvalue weighted by Crippen LogP contribution is 2.31. The Kier molecular flexibility index (Phi) is 6.65. The Bertz CT molecular complexity index is 791. The number of aryl methyl sites for hydroxylation is 1. The smallest absolute Gasteiger partial charge is 0.394 e. The van der Waals surface area contributed by atoms with Crippen LogP contribution in [0.15, 0.2) is 47.6 Å². The monoisotopic (exact) mass is 381 g/mol. The molecule has 0 unspecified atom stereocenters. The second-order valence-electron chi connectivity index (χ2n) is 5.81. The fourth-order valence-electron chi connectivity index (χ4n) is 2.37. The maximum atomic E-state index is 12.7. The minimum absolute atomic E-state index is 0.107. The average molecular weight is 381 g/mol. The Labute approximate surface area is 155 Å². The van der Waals surface area contributed by atoms with Crippen LogP contribution in [0.4, 0.5) is 24.5 Å². The standard InChI is InChI=1S/C18H22F3N5O/c1-2-12-3-8-16(15(11-12)17(22)25-26(23)9-10-27)24-14-6-4-13(5-7-14)18(19,20)21/h3-8,11,24,27H,2,9-10,23H2,1H3,(H2,22,25). The predicted octanol–water partition coefficient (Wildman–Crippen LogP) is 2.80. The number of hydrazine groups is 1. The summed E-state index contributed by atoms with van der Waals surface area (Å²) in [4.78, 5) is 0. The Balaban J connectivity index is 2.33. The number of anilines is 2. The van der Waals surface area contributed by atoms with Gasteiger partial charge in [-0.1, -0.05) is 13.0 Å². The second-order valence-corrected chi connectivity index (χ2v) is 5.81. The van der Waals surface area contributed by atoms with Gasteiger partial charge in [0.1, 0.15) is 0 Å². The lowest BCUT2D eigenvalue weighted by Gasteiger charge is -2.16. The Morgan fingerprint density at radius 1 is 1.19 bits per heavy atom. The van der Waals surface area contributed by atoms with E-state index in [9.17, 15) is 13.2 Å². The van der Waals surface area contributed by atoms with Gasteiger partial charge in [-0.25, -0.2) is 11.0 Å². The number of aliphatic hydroxyl groups excluding tert-OH is 1. The molecule has 0 aromatic heterocycles.